The zero-order chi connectivity index (χ0) is 17.8. The number of carbonyl (C=O) groups is 1. The Morgan fingerprint density at radius 3 is 2.52 bits per heavy atom. The quantitative estimate of drug-likeness (QED) is 0.670. The molecule has 3 aromatic rings. The van der Waals surface area contributed by atoms with Crippen LogP contribution in [0.25, 0.3) is 11.1 Å². The van der Waals surface area contributed by atoms with E-state index in [1.807, 2.05) is 42.5 Å². The number of hydrogen-bond donors (Lipinski definition) is 0. The van der Waals surface area contributed by atoms with Gasteiger partial charge in [-0.3, -0.25) is 0 Å². The standard InChI is InChI=1S/C20H16N2O3/c1-13-19(14(2)25-22-13)20(23)24-12-15-7-9-16(10-8-15)18-6-4-3-5-17(18)11-21/h3-10H,12H2,1-2H3. The summed E-state index contributed by atoms with van der Waals surface area (Å²) in [5, 5.41) is 12.9. The van der Waals surface area contributed by atoms with Crippen LogP contribution in [0.1, 0.15) is 32.9 Å². The Hall–Kier alpha value is -3.39. The molecule has 0 N–H and O–H groups in total. The predicted molar refractivity (Wildman–Crippen MR) is 91.7 cm³/mol. The fraction of sp³-hybridized carbons (Fsp3) is 0.150. The van der Waals surface area contributed by atoms with Crippen molar-refractivity contribution in [2.75, 3.05) is 0 Å². The van der Waals surface area contributed by atoms with Crippen molar-refractivity contribution in [3.05, 3.63) is 76.7 Å². The second-order valence-corrected chi connectivity index (χ2v) is 5.63. The molecule has 0 radical (unpaired) electrons. The van der Waals surface area contributed by atoms with Gasteiger partial charge in [-0.1, -0.05) is 47.6 Å². The third-order valence-electron chi connectivity index (χ3n) is 3.92. The van der Waals surface area contributed by atoms with Crippen LogP contribution in [0.2, 0.25) is 0 Å². The molecule has 0 fully saturated rings. The van der Waals surface area contributed by atoms with Gasteiger partial charge in [0.1, 0.15) is 17.9 Å². The SMILES string of the molecule is Cc1noc(C)c1C(=O)OCc1ccc(-c2ccccc2C#N)cc1. The minimum atomic E-state index is -0.449. The lowest BCUT2D eigenvalue weighted by Crippen LogP contribution is -2.07. The average molecular weight is 332 g/mol. The Bertz CT molecular complexity index is 930. The van der Waals surface area contributed by atoms with E-state index in [0.29, 0.717) is 22.6 Å². The van der Waals surface area contributed by atoms with Crippen molar-refractivity contribution in [1.29, 1.82) is 5.26 Å². The van der Waals surface area contributed by atoms with Gasteiger partial charge in [-0.05, 0) is 36.6 Å². The number of hydrogen-bond acceptors (Lipinski definition) is 5. The fourth-order valence-electron chi connectivity index (χ4n) is 2.61. The lowest BCUT2D eigenvalue weighted by atomic mass is 9.99. The molecule has 0 aliphatic carbocycles. The van der Waals surface area contributed by atoms with Crippen LogP contribution in [0.15, 0.2) is 53.1 Å². The van der Waals surface area contributed by atoms with Crippen LogP contribution < -0.4 is 0 Å². The predicted octanol–water partition coefficient (Wildman–Crippen LogP) is 4.19. The Labute approximate surface area is 145 Å². The van der Waals surface area contributed by atoms with Crippen LogP contribution in [0.4, 0.5) is 0 Å². The molecule has 0 saturated carbocycles. The minimum absolute atomic E-state index is 0.156. The maximum Gasteiger partial charge on any atom is 0.344 e. The van der Waals surface area contributed by atoms with Crippen molar-refractivity contribution in [1.82, 2.24) is 5.16 Å². The maximum absolute atomic E-state index is 12.1. The first-order chi connectivity index (χ1) is 12.1. The van der Waals surface area contributed by atoms with E-state index in [0.717, 1.165) is 16.7 Å². The van der Waals surface area contributed by atoms with Crippen LogP contribution in [0.3, 0.4) is 0 Å². The molecule has 0 atom stereocenters. The van der Waals surface area contributed by atoms with Gasteiger partial charge < -0.3 is 9.26 Å². The molecule has 0 aliphatic rings. The average Bonchev–Trinajstić information content (AvgIpc) is 2.98. The van der Waals surface area contributed by atoms with E-state index in [4.69, 9.17) is 9.26 Å². The van der Waals surface area contributed by atoms with Gasteiger partial charge in [0.2, 0.25) is 0 Å². The second-order valence-electron chi connectivity index (χ2n) is 5.63. The summed E-state index contributed by atoms with van der Waals surface area (Å²) in [7, 11) is 0. The highest BCUT2D eigenvalue weighted by molar-refractivity contribution is 5.91. The highest BCUT2D eigenvalue weighted by Gasteiger charge is 2.18. The molecule has 0 amide bonds. The molecule has 0 bridgehead atoms. The number of rotatable bonds is 4. The van der Waals surface area contributed by atoms with Crippen molar-refractivity contribution in [3.8, 4) is 17.2 Å². The lowest BCUT2D eigenvalue weighted by Gasteiger charge is -2.07. The third kappa shape index (κ3) is 3.43. The van der Waals surface area contributed by atoms with Crippen molar-refractivity contribution in [2.24, 2.45) is 0 Å². The fourth-order valence-corrected chi connectivity index (χ4v) is 2.61. The summed E-state index contributed by atoms with van der Waals surface area (Å²) in [6, 6.07) is 17.2. The zero-order valence-electron chi connectivity index (χ0n) is 13.9. The van der Waals surface area contributed by atoms with Gasteiger partial charge in [-0.15, -0.1) is 0 Å². The molecule has 2 aromatic carbocycles. The Balaban J connectivity index is 1.71. The topological polar surface area (TPSA) is 76.1 Å². The summed E-state index contributed by atoms with van der Waals surface area (Å²) in [5.74, 6) is 0.00103. The molecular formula is C20H16N2O3. The summed E-state index contributed by atoms with van der Waals surface area (Å²) in [5.41, 5.74) is 4.20. The van der Waals surface area contributed by atoms with Crippen LogP contribution in [-0.2, 0) is 11.3 Å². The monoisotopic (exact) mass is 332 g/mol. The van der Waals surface area contributed by atoms with E-state index < -0.39 is 5.97 Å². The first kappa shape index (κ1) is 16.5. The summed E-state index contributed by atoms with van der Waals surface area (Å²) in [6.07, 6.45) is 0. The van der Waals surface area contributed by atoms with Crippen LogP contribution in [0.5, 0.6) is 0 Å². The van der Waals surface area contributed by atoms with Gasteiger partial charge in [0, 0.05) is 0 Å². The number of nitriles is 1. The molecule has 0 aliphatic heterocycles. The van der Waals surface area contributed by atoms with Gasteiger partial charge >= 0.3 is 5.97 Å². The first-order valence-electron chi connectivity index (χ1n) is 7.78. The largest absolute Gasteiger partial charge is 0.457 e. The van der Waals surface area contributed by atoms with Gasteiger partial charge in [-0.2, -0.15) is 5.26 Å². The van der Waals surface area contributed by atoms with E-state index in [-0.39, 0.29) is 6.61 Å². The Kier molecular flexibility index (Phi) is 4.62. The van der Waals surface area contributed by atoms with Gasteiger partial charge in [0.15, 0.2) is 0 Å². The third-order valence-corrected chi connectivity index (χ3v) is 3.92. The number of nitrogens with zero attached hydrogens (tertiary/aromatic N) is 2. The molecule has 124 valence electrons. The second kappa shape index (κ2) is 7.02. The molecular weight excluding hydrogens is 316 g/mol. The van der Waals surface area contributed by atoms with E-state index in [2.05, 4.69) is 11.2 Å². The number of aryl methyl sites for hydroxylation is 2. The van der Waals surface area contributed by atoms with Crippen LogP contribution in [0, 0.1) is 25.2 Å². The lowest BCUT2D eigenvalue weighted by molar-refractivity contribution is 0.0470. The van der Waals surface area contributed by atoms with Crippen LogP contribution in [-0.4, -0.2) is 11.1 Å². The van der Waals surface area contributed by atoms with Crippen molar-refractivity contribution in [2.45, 2.75) is 20.5 Å². The zero-order valence-corrected chi connectivity index (χ0v) is 13.9. The van der Waals surface area contributed by atoms with E-state index in [1.54, 1.807) is 19.9 Å². The molecule has 25 heavy (non-hydrogen) atoms. The maximum atomic E-state index is 12.1. The molecule has 1 heterocycles. The molecule has 3 rings (SSSR count). The summed E-state index contributed by atoms with van der Waals surface area (Å²) < 4.78 is 10.3. The number of benzene rings is 2. The van der Waals surface area contributed by atoms with Crippen LogP contribution >= 0.6 is 0 Å². The number of esters is 1. The summed E-state index contributed by atoms with van der Waals surface area (Å²) in [4.78, 5) is 12.1. The smallest absolute Gasteiger partial charge is 0.344 e. The van der Waals surface area contributed by atoms with Gasteiger partial charge in [-0.25, -0.2) is 4.79 Å². The van der Waals surface area contributed by atoms with E-state index in [9.17, 15) is 10.1 Å². The van der Waals surface area contributed by atoms with Crippen molar-refractivity contribution >= 4 is 5.97 Å². The van der Waals surface area contributed by atoms with Gasteiger partial charge in [0.05, 0.1) is 17.3 Å². The Morgan fingerprint density at radius 1 is 1.16 bits per heavy atom. The molecule has 0 saturated heterocycles. The van der Waals surface area contributed by atoms with Gasteiger partial charge in [0.25, 0.3) is 0 Å². The van der Waals surface area contributed by atoms with Crippen molar-refractivity contribution in [3.63, 3.8) is 0 Å². The van der Waals surface area contributed by atoms with E-state index >= 15 is 0 Å². The molecule has 5 heteroatoms. The highest BCUT2D eigenvalue weighted by atomic mass is 16.5. The molecule has 0 spiro atoms. The Morgan fingerprint density at radius 2 is 1.88 bits per heavy atom. The summed E-state index contributed by atoms with van der Waals surface area (Å²) >= 11 is 0. The molecule has 1 aromatic heterocycles. The highest BCUT2D eigenvalue weighted by Crippen LogP contribution is 2.24. The number of ether oxygens (including phenoxy) is 1. The molecule has 0 unspecified atom stereocenters. The summed E-state index contributed by atoms with van der Waals surface area (Å²) in [6.45, 7) is 3.54. The number of aromatic nitrogens is 1. The normalized spacial score (nSPS) is 10.3. The molecule has 5 nitrogen and oxygen atoms in total. The first-order valence-corrected chi connectivity index (χ1v) is 7.78. The van der Waals surface area contributed by atoms with E-state index in [1.165, 1.54) is 0 Å². The van der Waals surface area contributed by atoms with Crippen molar-refractivity contribution < 1.29 is 14.1 Å². The minimum Gasteiger partial charge on any atom is -0.457 e. The number of carbonyl (C=O) groups excluding carboxylic acids is 1.